The van der Waals surface area contributed by atoms with Gasteiger partial charge >= 0.3 is 0 Å². The Morgan fingerprint density at radius 3 is 2.60 bits per heavy atom. The third-order valence-corrected chi connectivity index (χ3v) is 2.00. The Morgan fingerprint density at radius 2 is 2.10 bits per heavy atom. The van der Waals surface area contributed by atoms with Crippen molar-refractivity contribution in [3.8, 4) is 0 Å². The third-order valence-electron chi connectivity index (χ3n) is 2.00. The first-order valence-corrected chi connectivity index (χ1v) is 4.01. The van der Waals surface area contributed by atoms with Crippen molar-refractivity contribution in [1.82, 2.24) is 4.90 Å². The highest BCUT2D eigenvalue weighted by Crippen LogP contribution is 2.08. The lowest BCUT2D eigenvalue weighted by atomic mass is 9.81. The normalized spacial score (nSPS) is 23.0. The number of hydrogen-bond acceptors (Lipinski definition) is 2. The number of likely N-dealkylation sites (tertiary alicyclic amines) is 1. The van der Waals surface area contributed by atoms with Crippen LogP contribution in [0.4, 0.5) is 0 Å². The van der Waals surface area contributed by atoms with E-state index in [-0.39, 0.29) is 6.10 Å². The molecule has 0 aromatic carbocycles. The van der Waals surface area contributed by atoms with Crippen LogP contribution in [0.5, 0.6) is 0 Å². The molecule has 10 heavy (non-hydrogen) atoms. The topological polar surface area (TPSA) is 23.5 Å². The molecule has 57 valence electrons. The smallest absolute Gasteiger partial charge is 0.125 e. The van der Waals surface area contributed by atoms with E-state index in [1.165, 1.54) is 0 Å². The SMILES string of the molecule is C[B]CN1CCC(O)CC1. The standard InChI is InChI=1S/C7H15BNO/c1-8-6-9-4-2-7(10)3-5-9/h7,10H,2-6H2,1H3. The predicted molar refractivity (Wildman–Crippen MR) is 43.3 cm³/mol. The lowest BCUT2D eigenvalue weighted by molar-refractivity contribution is 0.0907. The summed E-state index contributed by atoms with van der Waals surface area (Å²) in [7, 11) is 2.16. The zero-order valence-electron chi connectivity index (χ0n) is 6.58. The molecule has 0 unspecified atom stereocenters. The largest absolute Gasteiger partial charge is 0.393 e. The van der Waals surface area contributed by atoms with Crippen molar-refractivity contribution in [3.05, 3.63) is 0 Å². The number of aliphatic hydroxyl groups is 1. The molecule has 0 aliphatic carbocycles. The first-order chi connectivity index (χ1) is 4.83. The Balaban J connectivity index is 2.13. The lowest BCUT2D eigenvalue weighted by Gasteiger charge is -2.28. The van der Waals surface area contributed by atoms with E-state index in [1.54, 1.807) is 0 Å². The van der Waals surface area contributed by atoms with Crippen LogP contribution < -0.4 is 0 Å². The highest BCUT2D eigenvalue weighted by molar-refractivity contribution is 6.33. The van der Waals surface area contributed by atoms with E-state index in [4.69, 9.17) is 5.11 Å². The molecule has 0 aromatic heterocycles. The van der Waals surface area contributed by atoms with E-state index in [9.17, 15) is 0 Å². The molecule has 1 heterocycles. The van der Waals surface area contributed by atoms with Crippen LogP contribution in [0.1, 0.15) is 12.8 Å². The second-order valence-electron chi connectivity index (χ2n) is 2.94. The van der Waals surface area contributed by atoms with E-state index in [0.29, 0.717) is 0 Å². The van der Waals surface area contributed by atoms with Crippen molar-refractivity contribution in [2.45, 2.75) is 25.8 Å². The van der Waals surface area contributed by atoms with Gasteiger partial charge in [0.1, 0.15) is 7.28 Å². The molecule has 1 fully saturated rings. The van der Waals surface area contributed by atoms with E-state index in [0.717, 1.165) is 32.4 Å². The summed E-state index contributed by atoms with van der Waals surface area (Å²) in [4.78, 5) is 2.37. The third kappa shape index (κ3) is 2.31. The molecule has 0 amide bonds. The predicted octanol–water partition coefficient (Wildman–Crippen LogP) is 0.153. The average Bonchev–Trinajstić information content (AvgIpc) is 1.95. The van der Waals surface area contributed by atoms with Crippen molar-refractivity contribution in [1.29, 1.82) is 0 Å². The molecular weight excluding hydrogens is 125 g/mol. The number of rotatable bonds is 2. The van der Waals surface area contributed by atoms with Crippen LogP contribution >= 0.6 is 0 Å². The fourth-order valence-electron chi connectivity index (χ4n) is 1.36. The number of piperidine rings is 1. The van der Waals surface area contributed by atoms with Gasteiger partial charge in [-0.2, -0.15) is 0 Å². The monoisotopic (exact) mass is 140 g/mol. The van der Waals surface area contributed by atoms with E-state index in [2.05, 4.69) is 19.0 Å². The molecule has 1 aliphatic heterocycles. The molecule has 0 atom stereocenters. The van der Waals surface area contributed by atoms with Gasteiger partial charge in [-0.1, -0.05) is 6.82 Å². The molecule has 1 N–H and O–H groups in total. The minimum Gasteiger partial charge on any atom is -0.393 e. The molecule has 0 saturated carbocycles. The van der Waals surface area contributed by atoms with Crippen molar-refractivity contribution in [2.24, 2.45) is 0 Å². The summed E-state index contributed by atoms with van der Waals surface area (Å²) in [5.74, 6) is 0. The molecule has 1 aliphatic rings. The molecule has 1 radical (unpaired) electrons. The van der Waals surface area contributed by atoms with Gasteiger partial charge in [-0.25, -0.2) is 0 Å². The average molecular weight is 140 g/mol. The van der Waals surface area contributed by atoms with Gasteiger partial charge in [-0.3, -0.25) is 0 Å². The summed E-state index contributed by atoms with van der Waals surface area (Å²) >= 11 is 0. The van der Waals surface area contributed by atoms with Crippen molar-refractivity contribution >= 4 is 7.28 Å². The molecule has 1 rings (SSSR count). The number of nitrogens with zero attached hydrogens (tertiary/aromatic N) is 1. The fourth-order valence-corrected chi connectivity index (χ4v) is 1.36. The van der Waals surface area contributed by atoms with E-state index < -0.39 is 0 Å². The minimum atomic E-state index is -0.0342. The summed E-state index contributed by atoms with van der Waals surface area (Å²) in [5, 5.41) is 9.16. The van der Waals surface area contributed by atoms with Gasteiger partial charge < -0.3 is 10.0 Å². The van der Waals surface area contributed by atoms with Crippen molar-refractivity contribution in [3.63, 3.8) is 0 Å². The van der Waals surface area contributed by atoms with Crippen LogP contribution in [-0.2, 0) is 0 Å². The maximum atomic E-state index is 9.16. The summed E-state index contributed by atoms with van der Waals surface area (Å²) in [6.07, 6.45) is 2.95. The Bertz CT molecular complexity index is 91.6. The van der Waals surface area contributed by atoms with E-state index in [1.807, 2.05) is 0 Å². The molecule has 0 bridgehead atoms. The second-order valence-corrected chi connectivity index (χ2v) is 2.94. The summed E-state index contributed by atoms with van der Waals surface area (Å²) < 4.78 is 0. The lowest BCUT2D eigenvalue weighted by Crippen LogP contribution is -2.37. The summed E-state index contributed by atoms with van der Waals surface area (Å²) in [5.41, 5.74) is 0. The maximum Gasteiger partial charge on any atom is 0.125 e. The van der Waals surface area contributed by atoms with Crippen LogP contribution in [-0.4, -0.2) is 42.9 Å². The molecule has 2 nitrogen and oxygen atoms in total. The van der Waals surface area contributed by atoms with Gasteiger partial charge in [0.05, 0.1) is 6.10 Å². The molecule has 0 spiro atoms. The zero-order valence-corrected chi connectivity index (χ0v) is 6.58. The molecular formula is C7H15BNO. The molecule has 1 saturated heterocycles. The number of aliphatic hydroxyl groups excluding tert-OH is 1. The molecule has 0 aromatic rings. The first-order valence-electron chi connectivity index (χ1n) is 4.01. The quantitative estimate of drug-likeness (QED) is 0.552. The summed E-state index contributed by atoms with van der Waals surface area (Å²) in [6.45, 7) is 4.20. The van der Waals surface area contributed by atoms with Gasteiger partial charge in [0.15, 0.2) is 0 Å². The zero-order chi connectivity index (χ0) is 7.40. The van der Waals surface area contributed by atoms with Crippen molar-refractivity contribution < 1.29 is 5.11 Å². The van der Waals surface area contributed by atoms with Gasteiger partial charge in [0.2, 0.25) is 0 Å². The van der Waals surface area contributed by atoms with Crippen LogP contribution in [0.15, 0.2) is 0 Å². The summed E-state index contributed by atoms with van der Waals surface area (Å²) in [6, 6.07) is 0. The molecule has 3 heteroatoms. The minimum absolute atomic E-state index is 0.0342. The maximum absolute atomic E-state index is 9.16. The highest BCUT2D eigenvalue weighted by atomic mass is 16.3. The number of hydrogen-bond donors (Lipinski definition) is 1. The Morgan fingerprint density at radius 1 is 1.50 bits per heavy atom. The Hall–Kier alpha value is -0.0151. The van der Waals surface area contributed by atoms with Crippen LogP contribution in [0, 0.1) is 0 Å². The fraction of sp³-hybridized carbons (Fsp3) is 1.00. The Labute approximate surface area is 63.5 Å². The first kappa shape index (κ1) is 8.09. The Kier molecular flexibility index (Phi) is 3.22. The van der Waals surface area contributed by atoms with Crippen molar-refractivity contribution in [2.75, 3.05) is 19.5 Å². The van der Waals surface area contributed by atoms with Gasteiger partial charge in [0.25, 0.3) is 0 Å². The van der Waals surface area contributed by atoms with Crippen LogP contribution in [0.2, 0.25) is 6.82 Å². The second kappa shape index (κ2) is 3.99. The van der Waals surface area contributed by atoms with Gasteiger partial charge in [0, 0.05) is 0 Å². The van der Waals surface area contributed by atoms with E-state index >= 15 is 0 Å². The van der Waals surface area contributed by atoms with Gasteiger partial charge in [-0.05, 0) is 32.4 Å². The van der Waals surface area contributed by atoms with Crippen LogP contribution in [0.3, 0.4) is 0 Å². The van der Waals surface area contributed by atoms with Gasteiger partial charge in [-0.15, -0.1) is 0 Å². The highest BCUT2D eigenvalue weighted by Gasteiger charge is 2.15. The van der Waals surface area contributed by atoms with Crippen LogP contribution in [0.25, 0.3) is 0 Å².